The highest BCUT2D eigenvalue weighted by Gasteiger charge is 2.62. The van der Waals surface area contributed by atoms with Crippen molar-refractivity contribution in [2.45, 2.75) is 36.4 Å². The summed E-state index contributed by atoms with van der Waals surface area (Å²) in [5.74, 6) is 2.40. The van der Waals surface area contributed by atoms with E-state index in [2.05, 4.69) is 29.5 Å². The van der Waals surface area contributed by atoms with Crippen LogP contribution in [0.4, 0.5) is 0 Å². The molecule has 2 saturated carbocycles. The number of halogens is 1. The van der Waals surface area contributed by atoms with Gasteiger partial charge in [-0.15, -0.1) is 0 Å². The molecule has 0 radical (unpaired) electrons. The van der Waals surface area contributed by atoms with E-state index >= 15 is 0 Å². The first-order valence-electron chi connectivity index (χ1n) is 5.59. The van der Waals surface area contributed by atoms with Gasteiger partial charge in [-0.2, -0.15) is 0 Å². The van der Waals surface area contributed by atoms with Crippen molar-refractivity contribution in [1.29, 1.82) is 0 Å². The average Bonchev–Trinajstić information content (AvgIpc) is 2.77. The second-order valence-corrected chi connectivity index (χ2v) is 6.75. The van der Waals surface area contributed by atoms with Crippen molar-refractivity contribution in [3.63, 3.8) is 0 Å². The SMILES string of the molecule is CC1C2CC(C1I)C1(CCOC1O)C2. The maximum absolute atomic E-state index is 9.98. The van der Waals surface area contributed by atoms with Crippen LogP contribution in [-0.2, 0) is 4.74 Å². The standard InChI is InChI=1S/C11H17IO2/c1-6-7-4-8(9(6)12)11(5-7)2-3-14-10(11)13/h6-10,13H,2-5H2,1H3. The fraction of sp³-hybridized carbons (Fsp3) is 1.00. The van der Waals surface area contributed by atoms with Crippen LogP contribution in [0.2, 0.25) is 0 Å². The molecule has 1 aliphatic heterocycles. The van der Waals surface area contributed by atoms with Gasteiger partial charge in [-0.3, -0.25) is 0 Å². The third-order valence-electron chi connectivity index (χ3n) is 4.90. The van der Waals surface area contributed by atoms with E-state index in [-0.39, 0.29) is 5.41 Å². The molecule has 1 saturated heterocycles. The molecule has 3 rings (SSSR count). The third-order valence-corrected chi connectivity index (χ3v) is 6.91. The van der Waals surface area contributed by atoms with Crippen molar-refractivity contribution in [2.75, 3.05) is 6.61 Å². The van der Waals surface area contributed by atoms with Crippen LogP contribution in [0.15, 0.2) is 0 Å². The van der Waals surface area contributed by atoms with Gasteiger partial charge in [0.25, 0.3) is 0 Å². The predicted molar refractivity (Wildman–Crippen MR) is 62.2 cm³/mol. The molecule has 3 heteroatoms. The Morgan fingerprint density at radius 3 is 2.79 bits per heavy atom. The van der Waals surface area contributed by atoms with E-state index in [4.69, 9.17) is 4.74 Å². The Kier molecular flexibility index (Phi) is 2.16. The smallest absolute Gasteiger partial charge is 0.160 e. The topological polar surface area (TPSA) is 29.5 Å². The van der Waals surface area contributed by atoms with Gasteiger partial charge in [-0.25, -0.2) is 0 Å². The second kappa shape index (κ2) is 3.08. The molecule has 2 aliphatic carbocycles. The first-order chi connectivity index (χ1) is 6.65. The second-order valence-electron chi connectivity index (χ2n) is 5.32. The summed E-state index contributed by atoms with van der Waals surface area (Å²) in [6.45, 7) is 3.14. The minimum Gasteiger partial charge on any atom is -0.367 e. The van der Waals surface area contributed by atoms with Crippen molar-refractivity contribution in [3.05, 3.63) is 0 Å². The van der Waals surface area contributed by atoms with Gasteiger partial charge in [0, 0.05) is 9.34 Å². The van der Waals surface area contributed by atoms with Crippen molar-refractivity contribution in [2.24, 2.45) is 23.2 Å². The fourth-order valence-electron chi connectivity index (χ4n) is 3.98. The Morgan fingerprint density at radius 1 is 1.50 bits per heavy atom. The van der Waals surface area contributed by atoms with Crippen molar-refractivity contribution >= 4 is 22.6 Å². The normalized spacial score (nSPS) is 61.5. The summed E-state index contributed by atoms with van der Waals surface area (Å²) in [6, 6.07) is 0. The van der Waals surface area contributed by atoms with E-state index in [1.54, 1.807) is 0 Å². The molecule has 6 atom stereocenters. The van der Waals surface area contributed by atoms with E-state index in [1.807, 2.05) is 0 Å². The molecule has 2 nitrogen and oxygen atoms in total. The van der Waals surface area contributed by atoms with Gasteiger partial charge in [0.2, 0.25) is 0 Å². The summed E-state index contributed by atoms with van der Waals surface area (Å²) < 4.78 is 6.13. The first kappa shape index (κ1) is 9.85. The van der Waals surface area contributed by atoms with E-state index in [1.165, 1.54) is 12.8 Å². The number of hydrogen-bond acceptors (Lipinski definition) is 2. The molecule has 14 heavy (non-hydrogen) atoms. The summed E-state index contributed by atoms with van der Waals surface area (Å²) in [5.41, 5.74) is 0.142. The van der Waals surface area contributed by atoms with E-state index in [0.29, 0.717) is 5.92 Å². The molecule has 80 valence electrons. The van der Waals surface area contributed by atoms with Crippen molar-refractivity contribution in [1.82, 2.24) is 0 Å². The van der Waals surface area contributed by atoms with Crippen molar-refractivity contribution < 1.29 is 9.84 Å². The van der Waals surface area contributed by atoms with E-state index in [9.17, 15) is 5.11 Å². The van der Waals surface area contributed by atoms with Crippen LogP contribution in [0.5, 0.6) is 0 Å². The molecule has 3 fully saturated rings. The van der Waals surface area contributed by atoms with Crippen LogP contribution in [-0.4, -0.2) is 21.9 Å². The molecule has 1 spiro atoms. The van der Waals surface area contributed by atoms with Gasteiger partial charge in [0.05, 0.1) is 6.61 Å². The minimum absolute atomic E-state index is 0.142. The largest absolute Gasteiger partial charge is 0.367 e. The first-order valence-corrected chi connectivity index (χ1v) is 6.83. The molecule has 1 N–H and O–H groups in total. The molecule has 3 aliphatic rings. The van der Waals surface area contributed by atoms with Crippen LogP contribution in [0.25, 0.3) is 0 Å². The summed E-state index contributed by atoms with van der Waals surface area (Å²) in [5, 5.41) is 9.98. The lowest BCUT2D eigenvalue weighted by molar-refractivity contribution is -0.134. The highest BCUT2D eigenvalue weighted by Crippen LogP contribution is 2.64. The Balaban J connectivity index is 1.92. The van der Waals surface area contributed by atoms with E-state index in [0.717, 1.165) is 28.8 Å². The zero-order valence-corrected chi connectivity index (χ0v) is 10.6. The summed E-state index contributed by atoms with van der Waals surface area (Å²) in [4.78, 5) is 0. The Hall–Kier alpha value is 0.650. The quantitative estimate of drug-likeness (QED) is 0.549. The lowest BCUT2D eigenvalue weighted by Crippen LogP contribution is -2.42. The Bertz CT molecular complexity index is 256. The maximum atomic E-state index is 9.98. The Labute approximate surface area is 98.5 Å². The molecule has 1 heterocycles. The zero-order valence-electron chi connectivity index (χ0n) is 8.45. The minimum atomic E-state index is -0.470. The maximum Gasteiger partial charge on any atom is 0.160 e. The number of ether oxygens (including phenoxy) is 1. The monoisotopic (exact) mass is 308 g/mol. The molecular weight excluding hydrogens is 291 g/mol. The average molecular weight is 308 g/mol. The van der Waals surface area contributed by atoms with Crippen LogP contribution in [0.1, 0.15) is 26.2 Å². The molecule has 0 aromatic heterocycles. The third kappa shape index (κ3) is 1.04. The van der Waals surface area contributed by atoms with Gasteiger partial charge in [-0.1, -0.05) is 29.5 Å². The van der Waals surface area contributed by atoms with Crippen molar-refractivity contribution in [3.8, 4) is 0 Å². The number of aliphatic hydroxyl groups excluding tert-OH is 1. The molecule has 2 bridgehead atoms. The lowest BCUT2D eigenvalue weighted by Gasteiger charge is -2.40. The van der Waals surface area contributed by atoms with Crippen LogP contribution < -0.4 is 0 Å². The number of hydrogen-bond donors (Lipinski definition) is 1. The van der Waals surface area contributed by atoms with Gasteiger partial charge in [-0.05, 0) is 37.0 Å². The zero-order chi connectivity index (χ0) is 9.92. The summed E-state index contributed by atoms with van der Waals surface area (Å²) in [7, 11) is 0. The fourth-order valence-corrected chi connectivity index (χ4v) is 5.58. The molecule has 0 amide bonds. The molecule has 6 unspecified atom stereocenters. The predicted octanol–water partition coefficient (Wildman–Crippen LogP) is 2.19. The molecular formula is C11H17IO2. The highest BCUT2D eigenvalue weighted by molar-refractivity contribution is 14.1. The van der Waals surface area contributed by atoms with E-state index < -0.39 is 6.29 Å². The van der Waals surface area contributed by atoms with Gasteiger partial charge >= 0.3 is 0 Å². The number of aliphatic hydroxyl groups is 1. The van der Waals surface area contributed by atoms with Crippen LogP contribution in [0, 0.1) is 23.2 Å². The molecule has 0 aromatic carbocycles. The van der Waals surface area contributed by atoms with Gasteiger partial charge < -0.3 is 9.84 Å². The van der Waals surface area contributed by atoms with Gasteiger partial charge in [0.1, 0.15) is 0 Å². The van der Waals surface area contributed by atoms with Gasteiger partial charge in [0.15, 0.2) is 6.29 Å². The highest BCUT2D eigenvalue weighted by atomic mass is 127. The number of fused-ring (bicyclic) bond motifs is 3. The summed E-state index contributed by atoms with van der Waals surface area (Å²) >= 11 is 2.59. The number of alkyl halides is 1. The molecule has 0 aromatic rings. The number of rotatable bonds is 0. The Morgan fingerprint density at radius 2 is 2.29 bits per heavy atom. The van der Waals surface area contributed by atoms with Crippen LogP contribution >= 0.6 is 22.6 Å². The summed E-state index contributed by atoms with van der Waals surface area (Å²) in [6.07, 6.45) is 3.15. The van der Waals surface area contributed by atoms with Crippen LogP contribution in [0.3, 0.4) is 0 Å². The lowest BCUT2D eigenvalue weighted by atomic mass is 9.69.